The number of halogens is 1. The van der Waals surface area contributed by atoms with Crippen molar-refractivity contribution < 1.29 is 14.3 Å². The summed E-state index contributed by atoms with van der Waals surface area (Å²) in [6.07, 6.45) is 3.90. The number of hydrogen-bond acceptors (Lipinski definition) is 8. The summed E-state index contributed by atoms with van der Waals surface area (Å²) in [6.45, 7) is 0.804. The number of nitrogens with two attached hydrogens (primary N) is 1. The second-order valence-electron chi connectivity index (χ2n) is 8.21. The maximum atomic E-state index is 12.5. The van der Waals surface area contributed by atoms with Gasteiger partial charge in [-0.25, -0.2) is 9.97 Å². The molecule has 4 aromatic rings. The van der Waals surface area contributed by atoms with E-state index in [4.69, 9.17) is 26.8 Å². The van der Waals surface area contributed by atoms with Gasteiger partial charge in [0.15, 0.2) is 5.75 Å². The molecule has 1 amide bonds. The van der Waals surface area contributed by atoms with Crippen LogP contribution in [0.5, 0.6) is 5.75 Å². The predicted molar refractivity (Wildman–Crippen MR) is 143 cm³/mol. The summed E-state index contributed by atoms with van der Waals surface area (Å²) in [5, 5.41) is 10.7. The Morgan fingerprint density at radius 3 is 2.73 bits per heavy atom. The monoisotopic (exact) mass is 521 g/mol. The highest BCUT2D eigenvalue weighted by atomic mass is 35.5. The first-order valence-electron chi connectivity index (χ1n) is 11.5. The third-order valence-corrected chi connectivity index (χ3v) is 5.77. The summed E-state index contributed by atoms with van der Waals surface area (Å²) >= 11 is 6.15. The van der Waals surface area contributed by atoms with Crippen molar-refractivity contribution in [3.8, 4) is 17.0 Å². The Bertz CT molecular complexity index is 1410. The molecule has 37 heavy (non-hydrogen) atoms. The van der Waals surface area contributed by atoms with Crippen LogP contribution in [-0.2, 0) is 24.8 Å². The second kappa shape index (κ2) is 11.7. The number of aryl methyl sites for hydroxylation is 1. The lowest BCUT2D eigenvalue weighted by atomic mass is 10.0. The van der Waals surface area contributed by atoms with E-state index in [2.05, 4.69) is 25.7 Å². The van der Waals surface area contributed by atoms with Gasteiger partial charge in [0, 0.05) is 32.1 Å². The van der Waals surface area contributed by atoms with Gasteiger partial charge < -0.3 is 25.8 Å². The maximum absolute atomic E-state index is 12.5. The smallest absolute Gasteiger partial charge is 0.254 e. The van der Waals surface area contributed by atoms with Gasteiger partial charge in [0.05, 0.1) is 48.6 Å². The van der Waals surface area contributed by atoms with E-state index in [-0.39, 0.29) is 11.1 Å². The van der Waals surface area contributed by atoms with E-state index in [1.54, 1.807) is 31.0 Å². The van der Waals surface area contributed by atoms with Crippen molar-refractivity contribution in [3.63, 3.8) is 0 Å². The zero-order valence-electron chi connectivity index (χ0n) is 20.8. The zero-order chi connectivity index (χ0) is 26.4. The number of ether oxygens (including phenoxy) is 2. The van der Waals surface area contributed by atoms with Gasteiger partial charge in [0.2, 0.25) is 0 Å². The largest absolute Gasteiger partial charge is 0.494 e. The molecule has 0 atom stereocenters. The molecular formula is C26H28ClN7O3. The molecule has 1 aromatic carbocycles. The van der Waals surface area contributed by atoms with Crippen LogP contribution in [-0.4, -0.2) is 46.4 Å². The molecule has 4 rings (SSSR count). The Balaban J connectivity index is 1.66. The molecule has 0 fully saturated rings. The highest BCUT2D eigenvalue weighted by molar-refractivity contribution is 6.29. The predicted octanol–water partition coefficient (Wildman–Crippen LogP) is 3.98. The minimum Gasteiger partial charge on any atom is -0.494 e. The summed E-state index contributed by atoms with van der Waals surface area (Å²) in [5.74, 6) is 0.734. The van der Waals surface area contributed by atoms with E-state index in [1.807, 2.05) is 43.6 Å². The van der Waals surface area contributed by atoms with Gasteiger partial charge in [-0.2, -0.15) is 5.10 Å². The number of nitrogens with zero attached hydrogens (tertiary/aromatic N) is 4. The van der Waals surface area contributed by atoms with E-state index >= 15 is 0 Å². The first-order valence-corrected chi connectivity index (χ1v) is 11.9. The van der Waals surface area contributed by atoms with Gasteiger partial charge in [-0.3, -0.25) is 9.48 Å². The second-order valence-corrected chi connectivity index (χ2v) is 8.60. The average Bonchev–Trinajstić information content (AvgIpc) is 3.32. The van der Waals surface area contributed by atoms with Gasteiger partial charge in [0.1, 0.15) is 11.0 Å². The lowest BCUT2D eigenvalue weighted by molar-refractivity contribution is 0.0963. The maximum Gasteiger partial charge on any atom is 0.254 e. The fourth-order valence-corrected chi connectivity index (χ4v) is 3.99. The number of pyridine rings is 2. The molecule has 0 spiro atoms. The molecule has 0 saturated carbocycles. The molecule has 3 aromatic heterocycles. The molecule has 0 aliphatic rings. The quantitative estimate of drug-likeness (QED) is 0.211. The van der Waals surface area contributed by atoms with Crippen molar-refractivity contribution in [1.29, 1.82) is 0 Å². The standard InChI is InChI=1S/C26H28ClN7O3/c1-29-26(35)19-14-30-23(27)13-21(19)32-22-12-16(8-10-37-15-17-5-4-6-24(28)31-17)11-18(25(22)36-3)20-7-9-34(2)33-20/h4-7,9,11-14H,8,10,15H2,1-3H3,(H2,28,31)(H,29,35)(H,30,32). The molecule has 10 nitrogen and oxygen atoms in total. The molecular weight excluding hydrogens is 494 g/mol. The van der Waals surface area contributed by atoms with Crippen LogP contribution in [0, 0.1) is 0 Å². The summed E-state index contributed by atoms with van der Waals surface area (Å²) in [7, 11) is 5.00. The van der Waals surface area contributed by atoms with E-state index < -0.39 is 0 Å². The highest BCUT2D eigenvalue weighted by Gasteiger charge is 2.19. The molecule has 192 valence electrons. The summed E-state index contributed by atoms with van der Waals surface area (Å²) < 4.78 is 13.4. The topological polar surface area (TPSA) is 129 Å². The van der Waals surface area contributed by atoms with Crippen molar-refractivity contribution in [1.82, 2.24) is 25.1 Å². The van der Waals surface area contributed by atoms with Crippen molar-refractivity contribution >= 4 is 34.7 Å². The van der Waals surface area contributed by atoms with E-state index in [9.17, 15) is 4.79 Å². The van der Waals surface area contributed by atoms with Crippen LogP contribution in [0.2, 0.25) is 5.15 Å². The van der Waals surface area contributed by atoms with Gasteiger partial charge in [-0.1, -0.05) is 17.7 Å². The van der Waals surface area contributed by atoms with Crippen LogP contribution in [0.4, 0.5) is 17.2 Å². The van der Waals surface area contributed by atoms with Crippen LogP contribution in [0.25, 0.3) is 11.3 Å². The summed E-state index contributed by atoms with van der Waals surface area (Å²) in [4.78, 5) is 20.8. The van der Waals surface area contributed by atoms with Crippen LogP contribution >= 0.6 is 11.6 Å². The number of hydrogen-bond donors (Lipinski definition) is 3. The molecule has 0 unspecified atom stereocenters. The fraction of sp³-hybridized carbons (Fsp3) is 0.231. The molecule has 0 saturated heterocycles. The minimum absolute atomic E-state index is 0.249. The third-order valence-electron chi connectivity index (χ3n) is 5.57. The fourth-order valence-electron chi connectivity index (χ4n) is 3.83. The molecule has 3 heterocycles. The van der Waals surface area contributed by atoms with Crippen LogP contribution < -0.4 is 21.1 Å². The Hall–Kier alpha value is -4.15. The summed E-state index contributed by atoms with van der Waals surface area (Å²) in [6, 6.07) is 12.9. The minimum atomic E-state index is -0.296. The highest BCUT2D eigenvalue weighted by Crippen LogP contribution is 2.39. The lowest BCUT2D eigenvalue weighted by Crippen LogP contribution is -2.19. The Morgan fingerprint density at radius 1 is 1.19 bits per heavy atom. The number of amides is 1. The van der Waals surface area contributed by atoms with Gasteiger partial charge in [-0.15, -0.1) is 0 Å². The normalized spacial score (nSPS) is 10.8. The van der Waals surface area contributed by atoms with Gasteiger partial charge >= 0.3 is 0 Å². The van der Waals surface area contributed by atoms with Crippen molar-refractivity contribution in [2.45, 2.75) is 13.0 Å². The van der Waals surface area contributed by atoms with Crippen molar-refractivity contribution in [2.75, 3.05) is 31.8 Å². The van der Waals surface area contributed by atoms with Crippen LogP contribution in [0.3, 0.4) is 0 Å². The Morgan fingerprint density at radius 2 is 2.03 bits per heavy atom. The van der Waals surface area contributed by atoms with Crippen LogP contribution in [0.1, 0.15) is 21.6 Å². The van der Waals surface area contributed by atoms with E-state index in [1.165, 1.54) is 6.20 Å². The number of carbonyl (C=O) groups excluding carboxylic acids is 1. The average molecular weight is 522 g/mol. The number of carbonyl (C=O) groups is 1. The molecule has 4 N–H and O–H groups in total. The number of rotatable bonds is 10. The van der Waals surface area contributed by atoms with E-state index in [0.29, 0.717) is 48.1 Å². The van der Waals surface area contributed by atoms with Gasteiger partial charge in [-0.05, 0) is 48.4 Å². The first-order chi connectivity index (χ1) is 17.9. The number of nitrogens with one attached hydrogen (secondary N) is 2. The van der Waals surface area contributed by atoms with Crippen molar-refractivity contribution in [2.24, 2.45) is 7.05 Å². The number of aromatic nitrogens is 4. The molecule has 0 aliphatic heterocycles. The Kier molecular flexibility index (Phi) is 8.22. The number of anilines is 3. The SMILES string of the molecule is CNC(=O)c1cnc(Cl)cc1Nc1cc(CCOCc2cccc(N)n2)cc(-c2ccn(C)n2)c1OC. The van der Waals surface area contributed by atoms with Gasteiger partial charge in [0.25, 0.3) is 5.91 Å². The zero-order valence-corrected chi connectivity index (χ0v) is 21.5. The van der Waals surface area contributed by atoms with Crippen LogP contribution in [0.15, 0.2) is 54.9 Å². The molecule has 0 radical (unpaired) electrons. The molecule has 0 bridgehead atoms. The summed E-state index contributed by atoms with van der Waals surface area (Å²) in [5.41, 5.74) is 10.5. The number of methoxy groups -OCH3 is 1. The molecule has 11 heteroatoms. The van der Waals surface area contributed by atoms with E-state index in [0.717, 1.165) is 22.5 Å². The first kappa shape index (κ1) is 25.9. The lowest BCUT2D eigenvalue weighted by Gasteiger charge is -2.18. The number of benzene rings is 1. The Labute approximate surface area is 219 Å². The van der Waals surface area contributed by atoms with Crippen molar-refractivity contribution in [3.05, 3.63) is 76.8 Å². The number of nitrogen functional groups attached to an aromatic ring is 1. The third kappa shape index (κ3) is 6.35. The molecule has 0 aliphatic carbocycles.